The predicted molar refractivity (Wildman–Crippen MR) is 75.2 cm³/mol. The summed E-state index contributed by atoms with van der Waals surface area (Å²) in [6.45, 7) is 3.02. The van der Waals surface area contributed by atoms with Crippen molar-refractivity contribution in [2.24, 2.45) is 0 Å². The number of benzene rings is 1. The number of hydrogen-bond acceptors (Lipinski definition) is 3. The third kappa shape index (κ3) is 4.48. The Hall–Kier alpha value is -1.13. The monoisotopic (exact) mass is 266 g/mol. The Balaban J connectivity index is 1.68. The number of hydrogen-bond donors (Lipinski definition) is 2. The van der Waals surface area contributed by atoms with Crippen LogP contribution in [-0.4, -0.2) is 32.8 Å². The molecule has 1 atom stereocenters. The van der Waals surface area contributed by atoms with E-state index >= 15 is 0 Å². The first-order valence-corrected chi connectivity index (χ1v) is 7.06. The van der Waals surface area contributed by atoms with E-state index in [2.05, 4.69) is 10.6 Å². The van der Waals surface area contributed by atoms with Gasteiger partial charge in [-0.3, -0.25) is 0 Å². The fourth-order valence-electron chi connectivity index (χ4n) is 2.57. The summed E-state index contributed by atoms with van der Waals surface area (Å²) in [6.07, 6.45) is 4.55. The molecular formula is C15H23FN2O. The second-order valence-electron chi connectivity index (χ2n) is 5.04. The van der Waals surface area contributed by atoms with Gasteiger partial charge >= 0.3 is 0 Å². The molecule has 4 heteroatoms. The Labute approximate surface area is 114 Å². The average molecular weight is 266 g/mol. The predicted octanol–water partition coefficient (Wildman–Crippen LogP) is 2.11. The van der Waals surface area contributed by atoms with Crippen LogP contribution in [0.25, 0.3) is 0 Å². The lowest BCUT2D eigenvalue weighted by molar-refractivity contribution is 0.407. The lowest BCUT2D eigenvalue weighted by Crippen LogP contribution is -2.28. The summed E-state index contributed by atoms with van der Waals surface area (Å²) in [4.78, 5) is 0. The Kier molecular flexibility index (Phi) is 5.61. The van der Waals surface area contributed by atoms with Crippen LogP contribution < -0.4 is 15.4 Å². The molecule has 0 radical (unpaired) electrons. The molecule has 1 aliphatic rings. The third-order valence-corrected chi connectivity index (χ3v) is 3.65. The van der Waals surface area contributed by atoms with Gasteiger partial charge in [-0.05, 0) is 69.1 Å². The highest BCUT2D eigenvalue weighted by atomic mass is 19.1. The van der Waals surface area contributed by atoms with E-state index in [9.17, 15) is 4.39 Å². The zero-order chi connectivity index (χ0) is 13.5. The molecular weight excluding hydrogens is 243 g/mol. The molecule has 19 heavy (non-hydrogen) atoms. The maximum Gasteiger partial charge on any atom is 0.123 e. The standard InChI is InChI=1S/C15H23FN2O/c1-19-15-5-4-13(16)11-12(15)6-9-17-10-7-14-3-2-8-18-14/h4-5,11,14,17-18H,2-3,6-10H2,1H3. The van der Waals surface area contributed by atoms with Crippen molar-refractivity contribution in [1.29, 1.82) is 0 Å². The van der Waals surface area contributed by atoms with E-state index in [0.29, 0.717) is 6.04 Å². The van der Waals surface area contributed by atoms with Gasteiger partial charge in [0.2, 0.25) is 0 Å². The molecule has 0 bridgehead atoms. The van der Waals surface area contributed by atoms with Crippen LogP contribution in [0.1, 0.15) is 24.8 Å². The highest BCUT2D eigenvalue weighted by Gasteiger charge is 2.12. The van der Waals surface area contributed by atoms with E-state index in [1.807, 2.05) is 0 Å². The van der Waals surface area contributed by atoms with Crippen molar-refractivity contribution in [2.45, 2.75) is 31.7 Å². The van der Waals surface area contributed by atoms with Crippen molar-refractivity contribution in [1.82, 2.24) is 10.6 Å². The van der Waals surface area contributed by atoms with Crippen molar-refractivity contribution in [3.63, 3.8) is 0 Å². The van der Waals surface area contributed by atoms with E-state index < -0.39 is 0 Å². The first-order chi connectivity index (χ1) is 9.29. The summed E-state index contributed by atoms with van der Waals surface area (Å²) in [5.41, 5.74) is 0.925. The molecule has 3 nitrogen and oxygen atoms in total. The van der Waals surface area contributed by atoms with Gasteiger partial charge in [0.05, 0.1) is 7.11 Å². The van der Waals surface area contributed by atoms with Crippen LogP contribution in [0.5, 0.6) is 5.75 Å². The van der Waals surface area contributed by atoms with Crippen molar-refractivity contribution < 1.29 is 9.13 Å². The SMILES string of the molecule is COc1ccc(F)cc1CCNCCC1CCCN1. The molecule has 1 heterocycles. The lowest BCUT2D eigenvalue weighted by atomic mass is 10.1. The Morgan fingerprint density at radius 2 is 2.32 bits per heavy atom. The van der Waals surface area contributed by atoms with Crippen molar-refractivity contribution >= 4 is 0 Å². The molecule has 2 N–H and O–H groups in total. The molecule has 1 aliphatic heterocycles. The summed E-state index contributed by atoms with van der Waals surface area (Å²) >= 11 is 0. The second-order valence-corrected chi connectivity index (χ2v) is 5.04. The number of halogens is 1. The number of methoxy groups -OCH3 is 1. The van der Waals surface area contributed by atoms with Crippen LogP contribution in [0.2, 0.25) is 0 Å². The Morgan fingerprint density at radius 1 is 1.42 bits per heavy atom. The van der Waals surface area contributed by atoms with Crippen LogP contribution in [0.15, 0.2) is 18.2 Å². The van der Waals surface area contributed by atoms with Gasteiger partial charge in [0.1, 0.15) is 11.6 Å². The van der Waals surface area contributed by atoms with E-state index in [4.69, 9.17) is 4.74 Å². The van der Waals surface area contributed by atoms with Crippen LogP contribution in [0.3, 0.4) is 0 Å². The maximum atomic E-state index is 13.2. The van der Waals surface area contributed by atoms with E-state index in [0.717, 1.165) is 37.4 Å². The van der Waals surface area contributed by atoms with Crippen molar-refractivity contribution in [3.05, 3.63) is 29.6 Å². The van der Waals surface area contributed by atoms with E-state index in [-0.39, 0.29) is 5.82 Å². The summed E-state index contributed by atoms with van der Waals surface area (Å²) in [5, 5.41) is 6.89. The van der Waals surface area contributed by atoms with Gasteiger partial charge in [-0.1, -0.05) is 0 Å². The molecule has 0 aromatic heterocycles. The van der Waals surface area contributed by atoms with Gasteiger partial charge in [-0.2, -0.15) is 0 Å². The van der Waals surface area contributed by atoms with Crippen LogP contribution in [0, 0.1) is 5.82 Å². The molecule has 1 saturated heterocycles. The molecule has 0 saturated carbocycles. The van der Waals surface area contributed by atoms with E-state index in [1.165, 1.54) is 25.3 Å². The van der Waals surface area contributed by atoms with Crippen molar-refractivity contribution in [2.75, 3.05) is 26.7 Å². The third-order valence-electron chi connectivity index (χ3n) is 3.65. The van der Waals surface area contributed by atoms with Gasteiger partial charge in [0.15, 0.2) is 0 Å². The molecule has 1 fully saturated rings. The summed E-state index contributed by atoms with van der Waals surface area (Å²) in [5.74, 6) is 0.562. The fourth-order valence-corrected chi connectivity index (χ4v) is 2.57. The molecule has 2 rings (SSSR count). The Bertz CT molecular complexity index is 392. The number of ether oxygens (including phenoxy) is 1. The summed E-state index contributed by atoms with van der Waals surface area (Å²) < 4.78 is 18.4. The molecule has 1 aromatic rings. The molecule has 0 spiro atoms. The highest BCUT2D eigenvalue weighted by molar-refractivity contribution is 5.34. The van der Waals surface area contributed by atoms with Gasteiger partial charge in [0, 0.05) is 6.04 Å². The normalized spacial score (nSPS) is 18.7. The first-order valence-electron chi connectivity index (χ1n) is 7.06. The number of nitrogens with one attached hydrogen (secondary N) is 2. The Morgan fingerprint density at radius 3 is 3.05 bits per heavy atom. The van der Waals surface area contributed by atoms with Gasteiger partial charge in [0.25, 0.3) is 0 Å². The minimum absolute atomic E-state index is 0.203. The number of rotatable bonds is 7. The minimum Gasteiger partial charge on any atom is -0.496 e. The topological polar surface area (TPSA) is 33.3 Å². The fraction of sp³-hybridized carbons (Fsp3) is 0.600. The van der Waals surface area contributed by atoms with Gasteiger partial charge in [-0.25, -0.2) is 4.39 Å². The molecule has 1 aromatic carbocycles. The zero-order valence-corrected chi connectivity index (χ0v) is 11.5. The maximum absolute atomic E-state index is 13.2. The van der Waals surface area contributed by atoms with Gasteiger partial charge in [-0.15, -0.1) is 0 Å². The quantitative estimate of drug-likeness (QED) is 0.742. The molecule has 106 valence electrons. The van der Waals surface area contributed by atoms with Crippen LogP contribution >= 0.6 is 0 Å². The summed E-state index contributed by atoms with van der Waals surface area (Å²) in [6, 6.07) is 5.35. The minimum atomic E-state index is -0.203. The molecule has 0 aliphatic carbocycles. The second kappa shape index (κ2) is 7.46. The smallest absolute Gasteiger partial charge is 0.123 e. The van der Waals surface area contributed by atoms with Crippen molar-refractivity contribution in [3.8, 4) is 5.75 Å². The highest BCUT2D eigenvalue weighted by Crippen LogP contribution is 2.19. The first kappa shape index (κ1) is 14.3. The van der Waals surface area contributed by atoms with Gasteiger partial charge < -0.3 is 15.4 Å². The summed E-state index contributed by atoms with van der Waals surface area (Å²) in [7, 11) is 1.62. The lowest BCUT2D eigenvalue weighted by Gasteiger charge is -2.12. The van der Waals surface area contributed by atoms with Crippen LogP contribution in [-0.2, 0) is 6.42 Å². The largest absolute Gasteiger partial charge is 0.496 e. The average Bonchev–Trinajstić information content (AvgIpc) is 2.92. The van der Waals surface area contributed by atoms with Crippen LogP contribution in [0.4, 0.5) is 4.39 Å². The molecule has 1 unspecified atom stereocenters. The van der Waals surface area contributed by atoms with E-state index in [1.54, 1.807) is 19.2 Å². The molecule has 0 amide bonds. The zero-order valence-electron chi connectivity index (χ0n) is 11.5.